The van der Waals surface area contributed by atoms with Crippen molar-refractivity contribution in [2.24, 2.45) is 0 Å². The number of nitrogens with one attached hydrogen (secondary N) is 3. The third-order valence-corrected chi connectivity index (χ3v) is 6.01. The number of aryl methyl sites for hydroxylation is 1. The first-order chi connectivity index (χ1) is 12.8. The molecule has 0 amide bonds. The van der Waals surface area contributed by atoms with Gasteiger partial charge in [-0.05, 0) is 30.0 Å². The van der Waals surface area contributed by atoms with Crippen LogP contribution in [0.3, 0.4) is 0 Å². The Kier molecular flexibility index (Phi) is 4.36. The standard InChI is InChI=1S/C18H18N3O5P/c22-16-17(23)21-15-12(6-3-7-14(15)19-16)18(27(24,25)26)20-13-9-8-10-4-1-2-5-11(10)13/h1-7,13,18,20H,8-9H2,(H,19,22)(H,21,23)(H2,24,25,26)/t13-,18?/m0/s1. The second-order valence-electron chi connectivity index (χ2n) is 6.63. The lowest BCUT2D eigenvalue weighted by atomic mass is 10.1. The minimum absolute atomic E-state index is 0.203. The number of hydrogen-bond acceptors (Lipinski definition) is 4. The van der Waals surface area contributed by atoms with Gasteiger partial charge in [-0.3, -0.25) is 19.5 Å². The summed E-state index contributed by atoms with van der Waals surface area (Å²) in [6.45, 7) is 0. The van der Waals surface area contributed by atoms with Crippen LogP contribution in [0.25, 0.3) is 11.0 Å². The van der Waals surface area contributed by atoms with Gasteiger partial charge in [-0.2, -0.15) is 0 Å². The monoisotopic (exact) mass is 387 g/mol. The molecule has 0 radical (unpaired) electrons. The molecule has 3 aromatic rings. The highest BCUT2D eigenvalue weighted by Gasteiger charge is 2.36. The Morgan fingerprint density at radius 1 is 1.04 bits per heavy atom. The quantitative estimate of drug-likeness (QED) is 0.341. The Morgan fingerprint density at radius 2 is 1.78 bits per heavy atom. The predicted octanol–water partition coefficient (Wildman–Crippen LogP) is 1.67. The fraction of sp³-hybridized carbons (Fsp3) is 0.222. The summed E-state index contributed by atoms with van der Waals surface area (Å²) in [7, 11) is -4.62. The normalized spacial score (nSPS) is 17.8. The minimum atomic E-state index is -4.62. The molecule has 4 rings (SSSR count). The molecule has 0 saturated heterocycles. The summed E-state index contributed by atoms with van der Waals surface area (Å²) in [5.41, 5.74) is 1.22. The van der Waals surface area contributed by atoms with Crippen molar-refractivity contribution in [1.29, 1.82) is 0 Å². The number of fused-ring (bicyclic) bond motifs is 2. The van der Waals surface area contributed by atoms with Gasteiger partial charge < -0.3 is 19.8 Å². The first-order valence-electron chi connectivity index (χ1n) is 8.49. The van der Waals surface area contributed by atoms with Crippen LogP contribution in [0, 0.1) is 0 Å². The Hall–Kier alpha value is -2.51. The molecule has 5 N–H and O–H groups in total. The number of benzene rings is 2. The van der Waals surface area contributed by atoms with E-state index < -0.39 is 24.5 Å². The van der Waals surface area contributed by atoms with E-state index in [4.69, 9.17) is 0 Å². The second-order valence-corrected chi connectivity index (χ2v) is 8.32. The molecule has 0 fully saturated rings. The second kappa shape index (κ2) is 6.58. The molecule has 1 unspecified atom stereocenters. The van der Waals surface area contributed by atoms with Crippen molar-refractivity contribution in [3.05, 3.63) is 79.9 Å². The molecule has 0 saturated carbocycles. The Labute approximate surface area is 153 Å². The van der Waals surface area contributed by atoms with Gasteiger partial charge in [0, 0.05) is 11.6 Å². The van der Waals surface area contributed by atoms with Crippen LogP contribution in [0.15, 0.2) is 52.1 Å². The van der Waals surface area contributed by atoms with Crippen molar-refractivity contribution in [2.75, 3.05) is 0 Å². The third kappa shape index (κ3) is 3.28. The summed E-state index contributed by atoms with van der Waals surface area (Å²) in [5, 5.41) is 3.08. The van der Waals surface area contributed by atoms with Crippen molar-refractivity contribution in [1.82, 2.24) is 15.3 Å². The molecule has 0 spiro atoms. The van der Waals surface area contributed by atoms with E-state index in [2.05, 4.69) is 15.3 Å². The van der Waals surface area contributed by atoms with E-state index in [0.29, 0.717) is 11.9 Å². The molecular formula is C18H18N3O5P. The third-order valence-electron chi connectivity index (χ3n) is 4.91. The zero-order valence-electron chi connectivity index (χ0n) is 14.2. The van der Waals surface area contributed by atoms with Crippen molar-refractivity contribution >= 4 is 18.6 Å². The molecule has 1 heterocycles. The van der Waals surface area contributed by atoms with Gasteiger partial charge in [-0.15, -0.1) is 0 Å². The molecule has 8 nitrogen and oxygen atoms in total. The average Bonchev–Trinajstić information content (AvgIpc) is 3.03. The maximum absolute atomic E-state index is 12.3. The SMILES string of the molecule is O=c1[nH]c2cccc(C(N[C@H]3CCc4ccccc43)P(=O)(O)O)c2[nH]c1=O. The van der Waals surface area contributed by atoms with Crippen molar-refractivity contribution in [2.45, 2.75) is 24.7 Å². The van der Waals surface area contributed by atoms with Gasteiger partial charge in [0.25, 0.3) is 0 Å². The number of aromatic nitrogens is 2. The zero-order chi connectivity index (χ0) is 19.2. The number of H-pyrrole nitrogens is 2. The number of aromatic amines is 2. The molecular weight excluding hydrogens is 369 g/mol. The fourth-order valence-corrected chi connectivity index (χ4v) is 4.63. The highest BCUT2D eigenvalue weighted by molar-refractivity contribution is 7.52. The summed E-state index contributed by atoms with van der Waals surface area (Å²) < 4.78 is 12.3. The molecule has 27 heavy (non-hydrogen) atoms. The van der Waals surface area contributed by atoms with Gasteiger partial charge in [0.1, 0.15) is 5.78 Å². The van der Waals surface area contributed by atoms with Gasteiger partial charge in [0.15, 0.2) is 0 Å². The largest absolute Gasteiger partial charge is 0.346 e. The van der Waals surface area contributed by atoms with Gasteiger partial charge in [-0.1, -0.05) is 36.4 Å². The van der Waals surface area contributed by atoms with Gasteiger partial charge in [0.2, 0.25) is 0 Å². The molecule has 2 aromatic carbocycles. The Bertz CT molecular complexity index is 1180. The highest BCUT2D eigenvalue weighted by atomic mass is 31.2. The topological polar surface area (TPSA) is 135 Å². The van der Waals surface area contributed by atoms with Gasteiger partial charge in [-0.25, -0.2) is 0 Å². The van der Waals surface area contributed by atoms with E-state index in [0.717, 1.165) is 17.5 Å². The van der Waals surface area contributed by atoms with Crippen LogP contribution in [0.2, 0.25) is 0 Å². The first kappa shape index (κ1) is 17.9. The van der Waals surface area contributed by atoms with Crippen molar-refractivity contribution in [3.63, 3.8) is 0 Å². The Balaban J connectivity index is 1.82. The number of para-hydroxylation sites is 1. The highest BCUT2D eigenvalue weighted by Crippen LogP contribution is 2.52. The number of hydrogen-bond donors (Lipinski definition) is 5. The van der Waals surface area contributed by atoms with E-state index in [-0.39, 0.29) is 17.1 Å². The average molecular weight is 387 g/mol. The summed E-state index contributed by atoms with van der Waals surface area (Å²) in [6, 6.07) is 12.2. The maximum Gasteiger partial charge on any atom is 0.346 e. The smallest absolute Gasteiger partial charge is 0.323 e. The molecule has 1 aromatic heterocycles. The maximum atomic E-state index is 12.3. The van der Waals surface area contributed by atoms with Crippen molar-refractivity contribution < 1.29 is 14.4 Å². The van der Waals surface area contributed by atoms with Gasteiger partial charge >= 0.3 is 18.7 Å². The molecule has 2 atom stereocenters. The predicted molar refractivity (Wildman–Crippen MR) is 101 cm³/mol. The lowest BCUT2D eigenvalue weighted by Crippen LogP contribution is -2.30. The molecule has 9 heteroatoms. The molecule has 0 aliphatic heterocycles. The van der Waals surface area contributed by atoms with E-state index >= 15 is 0 Å². The van der Waals surface area contributed by atoms with Crippen LogP contribution in [0.1, 0.15) is 34.9 Å². The minimum Gasteiger partial charge on any atom is -0.323 e. The lowest BCUT2D eigenvalue weighted by Gasteiger charge is -2.25. The Morgan fingerprint density at radius 3 is 2.56 bits per heavy atom. The van der Waals surface area contributed by atoms with Crippen LogP contribution < -0.4 is 16.4 Å². The lowest BCUT2D eigenvalue weighted by molar-refractivity contribution is 0.338. The molecule has 0 bridgehead atoms. The summed E-state index contributed by atoms with van der Waals surface area (Å²) >= 11 is 0. The van der Waals surface area contributed by atoms with E-state index in [1.165, 1.54) is 6.07 Å². The summed E-state index contributed by atoms with van der Waals surface area (Å²) in [4.78, 5) is 48.2. The zero-order valence-corrected chi connectivity index (χ0v) is 15.1. The first-order valence-corrected chi connectivity index (χ1v) is 10.2. The van der Waals surface area contributed by atoms with E-state index in [1.807, 2.05) is 24.3 Å². The number of rotatable bonds is 4. The fourth-order valence-electron chi connectivity index (χ4n) is 3.68. The summed E-state index contributed by atoms with van der Waals surface area (Å²) in [6.07, 6.45) is 1.54. The summed E-state index contributed by atoms with van der Waals surface area (Å²) in [5.74, 6) is -1.32. The van der Waals surface area contributed by atoms with Crippen LogP contribution in [0.4, 0.5) is 0 Å². The van der Waals surface area contributed by atoms with E-state index in [9.17, 15) is 23.9 Å². The van der Waals surface area contributed by atoms with Crippen LogP contribution in [0.5, 0.6) is 0 Å². The van der Waals surface area contributed by atoms with Crippen LogP contribution in [-0.4, -0.2) is 19.8 Å². The van der Waals surface area contributed by atoms with Crippen molar-refractivity contribution in [3.8, 4) is 0 Å². The van der Waals surface area contributed by atoms with E-state index in [1.54, 1.807) is 12.1 Å². The molecule has 1 aliphatic carbocycles. The molecule has 140 valence electrons. The van der Waals surface area contributed by atoms with Gasteiger partial charge in [0.05, 0.1) is 11.0 Å². The molecule has 1 aliphatic rings. The van der Waals surface area contributed by atoms with Crippen LogP contribution in [-0.2, 0) is 11.0 Å². The van der Waals surface area contributed by atoms with Crippen LogP contribution >= 0.6 is 7.60 Å².